The van der Waals surface area contributed by atoms with E-state index in [0.717, 1.165) is 22.4 Å². The quantitative estimate of drug-likeness (QED) is 0.521. The second-order valence-electron chi connectivity index (χ2n) is 6.45. The van der Waals surface area contributed by atoms with Gasteiger partial charge in [-0.2, -0.15) is 0 Å². The number of hydrogen-bond acceptors (Lipinski definition) is 5. The predicted octanol–water partition coefficient (Wildman–Crippen LogP) is 3.62. The van der Waals surface area contributed by atoms with Crippen molar-refractivity contribution in [2.75, 3.05) is 14.2 Å². The minimum absolute atomic E-state index is 0.271. The molecule has 0 spiro atoms. The number of amides is 1. The molecule has 4 rings (SSSR count). The minimum Gasteiger partial charge on any atom is -0.493 e. The Labute approximate surface area is 167 Å². The average Bonchev–Trinajstić information content (AvgIpc) is 3.41. The lowest BCUT2D eigenvalue weighted by molar-refractivity contribution is 0.0922. The zero-order chi connectivity index (χ0) is 20.2. The molecule has 148 valence electrons. The Hall–Kier alpha value is -3.74. The molecule has 4 aromatic rings. The van der Waals surface area contributed by atoms with Gasteiger partial charge in [0.2, 0.25) is 0 Å². The van der Waals surface area contributed by atoms with Crippen LogP contribution in [-0.4, -0.2) is 29.7 Å². The molecule has 2 aromatic carbocycles. The largest absolute Gasteiger partial charge is 0.493 e. The Morgan fingerprint density at radius 1 is 1.07 bits per heavy atom. The summed E-state index contributed by atoms with van der Waals surface area (Å²) in [7, 11) is 3.23. The average molecular weight is 391 g/mol. The summed E-state index contributed by atoms with van der Waals surface area (Å²) in [5.74, 6) is 2.09. The molecule has 1 amide bonds. The number of fused-ring (bicyclic) bond motifs is 1. The smallest absolute Gasteiger partial charge is 0.287 e. The van der Waals surface area contributed by atoms with Crippen LogP contribution in [0.3, 0.4) is 0 Å². The number of carbonyl (C=O) groups is 1. The van der Waals surface area contributed by atoms with Gasteiger partial charge in [0.1, 0.15) is 5.82 Å². The van der Waals surface area contributed by atoms with Gasteiger partial charge in [0.25, 0.3) is 5.91 Å². The molecule has 2 heterocycles. The van der Waals surface area contributed by atoms with Crippen molar-refractivity contribution in [1.29, 1.82) is 0 Å². The van der Waals surface area contributed by atoms with E-state index < -0.39 is 0 Å². The molecule has 0 aliphatic rings. The number of imidazole rings is 1. The Morgan fingerprint density at radius 3 is 2.66 bits per heavy atom. The number of hydrogen-bond donors (Lipinski definition) is 1. The number of methoxy groups -OCH3 is 2. The van der Waals surface area contributed by atoms with Crippen molar-refractivity contribution in [3.05, 3.63) is 78.0 Å². The fourth-order valence-electron chi connectivity index (χ4n) is 3.25. The number of furan rings is 1. The van der Waals surface area contributed by atoms with Crippen molar-refractivity contribution in [1.82, 2.24) is 14.9 Å². The number of rotatable bonds is 7. The van der Waals surface area contributed by atoms with Gasteiger partial charge in [0, 0.05) is 6.54 Å². The van der Waals surface area contributed by atoms with E-state index in [2.05, 4.69) is 9.88 Å². The van der Waals surface area contributed by atoms with E-state index in [1.807, 2.05) is 42.5 Å². The fraction of sp³-hybridized carbons (Fsp3) is 0.182. The summed E-state index contributed by atoms with van der Waals surface area (Å²) in [5.41, 5.74) is 2.89. The van der Waals surface area contributed by atoms with Crippen LogP contribution in [0.5, 0.6) is 11.5 Å². The first-order chi connectivity index (χ1) is 14.2. The molecule has 0 saturated heterocycles. The molecule has 0 radical (unpaired) electrons. The zero-order valence-electron chi connectivity index (χ0n) is 16.2. The number of para-hydroxylation sites is 2. The van der Waals surface area contributed by atoms with E-state index in [9.17, 15) is 4.79 Å². The van der Waals surface area contributed by atoms with Crippen LogP contribution in [0.15, 0.2) is 65.3 Å². The number of aromatic nitrogens is 2. The van der Waals surface area contributed by atoms with Crippen LogP contribution < -0.4 is 14.8 Å². The van der Waals surface area contributed by atoms with Crippen molar-refractivity contribution in [2.24, 2.45) is 0 Å². The molecule has 0 aliphatic carbocycles. The molecule has 0 aliphatic heterocycles. The number of nitrogens with zero attached hydrogens (tertiary/aromatic N) is 2. The van der Waals surface area contributed by atoms with E-state index in [4.69, 9.17) is 18.9 Å². The molecule has 0 fully saturated rings. The number of ether oxygens (including phenoxy) is 2. The van der Waals surface area contributed by atoms with Crippen LogP contribution in [0.1, 0.15) is 21.9 Å². The van der Waals surface area contributed by atoms with E-state index in [1.54, 1.807) is 26.4 Å². The standard InChI is InChI=1S/C22H21N3O4/c1-27-18-10-9-15(12-20(18)28-2)14-25-17-7-4-3-6-16(17)24-21(25)13-23-22(26)19-8-5-11-29-19/h3-12H,13-14H2,1-2H3,(H,23,26). The lowest BCUT2D eigenvalue weighted by atomic mass is 10.2. The van der Waals surface area contributed by atoms with Gasteiger partial charge in [-0.05, 0) is 42.0 Å². The van der Waals surface area contributed by atoms with Gasteiger partial charge < -0.3 is 23.8 Å². The molecule has 29 heavy (non-hydrogen) atoms. The van der Waals surface area contributed by atoms with Gasteiger partial charge in [0.15, 0.2) is 17.3 Å². The maximum atomic E-state index is 12.2. The van der Waals surface area contributed by atoms with Crippen LogP contribution in [-0.2, 0) is 13.1 Å². The first-order valence-corrected chi connectivity index (χ1v) is 9.16. The predicted molar refractivity (Wildman–Crippen MR) is 108 cm³/mol. The maximum absolute atomic E-state index is 12.2. The Kier molecular flexibility index (Phi) is 5.20. The van der Waals surface area contributed by atoms with E-state index in [0.29, 0.717) is 18.0 Å². The number of nitrogens with one attached hydrogen (secondary N) is 1. The summed E-state index contributed by atoms with van der Waals surface area (Å²) in [5, 5.41) is 2.87. The first-order valence-electron chi connectivity index (χ1n) is 9.16. The maximum Gasteiger partial charge on any atom is 0.287 e. The summed E-state index contributed by atoms with van der Waals surface area (Å²) in [6.45, 7) is 0.855. The minimum atomic E-state index is -0.278. The van der Waals surface area contributed by atoms with Gasteiger partial charge in [-0.25, -0.2) is 4.98 Å². The zero-order valence-corrected chi connectivity index (χ0v) is 16.2. The summed E-state index contributed by atoms with van der Waals surface area (Å²) in [6, 6.07) is 17.0. The van der Waals surface area contributed by atoms with Gasteiger partial charge in [-0.15, -0.1) is 0 Å². The van der Waals surface area contributed by atoms with Gasteiger partial charge >= 0.3 is 0 Å². The van der Waals surface area contributed by atoms with Gasteiger partial charge in [-0.1, -0.05) is 18.2 Å². The topological polar surface area (TPSA) is 78.5 Å². The van der Waals surface area contributed by atoms with Crippen molar-refractivity contribution < 1.29 is 18.7 Å². The van der Waals surface area contributed by atoms with Crippen LogP contribution in [0.4, 0.5) is 0 Å². The second kappa shape index (κ2) is 8.10. The van der Waals surface area contributed by atoms with E-state index in [-0.39, 0.29) is 18.2 Å². The van der Waals surface area contributed by atoms with Crippen LogP contribution in [0.2, 0.25) is 0 Å². The molecular formula is C22H21N3O4. The highest BCUT2D eigenvalue weighted by atomic mass is 16.5. The van der Waals surface area contributed by atoms with E-state index in [1.165, 1.54) is 6.26 Å². The third-order valence-electron chi connectivity index (χ3n) is 4.67. The molecule has 0 bridgehead atoms. The molecule has 7 heteroatoms. The van der Waals surface area contributed by atoms with Crippen molar-refractivity contribution in [2.45, 2.75) is 13.1 Å². The molecule has 0 unspecified atom stereocenters. The highest BCUT2D eigenvalue weighted by Gasteiger charge is 2.15. The summed E-state index contributed by atoms with van der Waals surface area (Å²) in [4.78, 5) is 16.9. The highest BCUT2D eigenvalue weighted by Crippen LogP contribution is 2.28. The fourth-order valence-corrected chi connectivity index (χ4v) is 3.25. The van der Waals surface area contributed by atoms with Crippen LogP contribution in [0.25, 0.3) is 11.0 Å². The molecule has 1 N–H and O–H groups in total. The lowest BCUT2D eigenvalue weighted by Gasteiger charge is -2.13. The molecule has 7 nitrogen and oxygen atoms in total. The van der Waals surface area contributed by atoms with Crippen molar-refractivity contribution in [3.8, 4) is 11.5 Å². The summed E-state index contributed by atoms with van der Waals surface area (Å²) in [6.07, 6.45) is 1.47. The SMILES string of the molecule is COc1ccc(Cn2c(CNC(=O)c3ccco3)nc3ccccc32)cc1OC. The Balaban J connectivity index is 1.64. The second-order valence-corrected chi connectivity index (χ2v) is 6.45. The van der Waals surface area contributed by atoms with Crippen LogP contribution >= 0.6 is 0 Å². The highest BCUT2D eigenvalue weighted by molar-refractivity contribution is 5.91. The molecular weight excluding hydrogens is 370 g/mol. The molecule has 0 atom stereocenters. The normalized spacial score (nSPS) is 10.8. The monoisotopic (exact) mass is 391 g/mol. The third kappa shape index (κ3) is 3.80. The van der Waals surface area contributed by atoms with Gasteiger partial charge in [0.05, 0.1) is 38.1 Å². The Bertz CT molecular complexity index is 1130. The molecule has 0 saturated carbocycles. The summed E-state index contributed by atoms with van der Waals surface area (Å²) >= 11 is 0. The number of carbonyl (C=O) groups excluding carboxylic acids is 1. The molecule has 2 aromatic heterocycles. The summed E-state index contributed by atoms with van der Waals surface area (Å²) < 4.78 is 18.0. The first kappa shape index (κ1) is 18.6. The Morgan fingerprint density at radius 2 is 1.90 bits per heavy atom. The lowest BCUT2D eigenvalue weighted by Crippen LogP contribution is -2.24. The third-order valence-corrected chi connectivity index (χ3v) is 4.67. The van der Waals surface area contributed by atoms with Gasteiger partial charge in [-0.3, -0.25) is 4.79 Å². The number of benzene rings is 2. The van der Waals surface area contributed by atoms with E-state index >= 15 is 0 Å². The van der Waals surface area contributed by atoms with Crippen molar-refractivity contribution >= 4 is 16.9 Å². The van der Waals surface area contributed by atoms with Crippen LogP contribution in [0, 0.1) is 0 Å². The van der Waals surface area contributed by atoms with Crippen molar-refractivity contribution in [3.63, 3.8) is 0 Å².